The summed E-state index contributed by atoms with van der Waals surface area (Å²) in [6, 6.07) is 17.1. The highest BCUT2D eigenvalue weighted by Gasteiger charge is 2.23. The topological polar surface area (TPSA) is 49.4 Å². The van der Waals surface area contributed by atoms with Crippen molar-refractivity contribution in [2.45, 2.75) is 26.2 Å². The van der Waals surface area contributed by atoms with Gasteiger partial charge in [-0.1, -0.05) is 36.4 Å². The van der Waals surface area contributed by atoms with Gasteiger partial charge in [0.25, 0.3) is 11.8 Å². The molecule has 26 heavy (non-hydrogen) atoms. The molecule has 4 heteroatoms. The van der Waals surface area contributed by atoms with Crippen LogP contribution in [0.4, 0.5) is 0 Å². The summed E-state index contributed by atoms with van der Waals surface area (Å²) in [5.74, 6) is 0.684. The molecule has 0 radical (unpaired) electrons. The van der Waals surface area contributed by atoms with Crippen molar-refractivity contribution in [3.8, 4) is 0 Å². The SMILES string of the molecule is Cc1ccccc1C(=O)NCCC1CCN(C(=O)c2ccccc2)CC1. The van der Waals surface area contributed by atoms with Crippen LogP contribution in [0.15, 0.2) is 54.6 Å². The zero-order chi connectivity index (χ0) is 18.4. The molecule has 0 spiro atoms. The fourth-order valence-corrected chi connectivity index (χ4v) is 3.50. The van der Waals surface area contributed by atoms with Gasteiger partial charge in [-0.25, -0.2) is 0 Å². The van der Waals surface area contributed by atoms with E-state index in [-0.39, 0.29) is 11.8 Å². The Labute approximate surface area is 155 Å². The van der Waals surface area contributed by atoms with Gasteiger partial charge < -0.3 is 10.2 Å². The minimum atomic E-state index is -0.000193. The summed E-state index contributed by atoms with van der Waals surface area (Å²) in [4.78, 5) is 26.7. The number of aryl methyl sites for hydroxylation is 1. The fraction of sp³-hybridized carbons (Fsp3) is 0.364. The van der Waals surface area contributed by atoms with E-state index in [1.165, 1.54) is 0 Å². The molecule has 1 N–H and O–H groups in total. The Balaban J connectivity index is 1.41. The first-order valence-corrected chi connectivity index (χ1v) is 9.33. The molecule has 0 aromatic heterocycles. The van der Waals surface area contributed by atoms with Crippen LogP contribution in [0.2, 0.25) is 0 Å². The smallest absolute Gasteiger partial charge is 0.253 e. The van der Waals surface area contributed by atoms with Crippen molar-refractivity contribution in [3.63, 3.8) is 0 Å². The summed E-state index contributed by atoms with van der Waals surface area (Å²) < 4.78 is 0. The molecule has 1 heterocycles. The number of hydrogen-bond donors (Lipinski definition) is 1. The summed E-state index contributed by atoms with van der Waals surface area (Å²) in [6.45, 7) is 4.23. The van der Waals surface area contributed by atoms with E-state index in [1.807, 2.05) is 66.4 Å². The van der Waals surface area contributed by atoms with Crippen LogP contribution in [0, 0.1) is 12.8 Å². The molecule has 4 nitrogen and oxygen atoms in total. The van der Waals surface area contributed by atoms with E-state index in [0.717, 1.165) is 49.0 Å². The van der Waals surface area contributed by atoms with E-state index in [9.17, 15) is 9.59 Å². The van der Waals surface area contributed by atoms with Crippen LogP contribution in [0.1, 0.15) is 45.5 Å². The largest absolute Gasteiger partial charge is 0.352 e. The molecule has 2 amide bonds. The Bertz CT molecular complexity index is 750. The van der Waals surface area contributed by atoms with E-state index in [2.05, 4.69) is 5.32 Å². The maximum atomic E-state index is 12.5. The second-order valence-corrected chi connectivity index (χ2v) is 6.96. The number of nitrogens with zero attached hydrogens (tertiary/aromatic N) is 1. The number of nitrogens with one attached hydrogen (secondary N) is 1. The van der Waals surface area contributed by atoms with Gasteiger partial charge in [-0.15, -0.1) is 0 Å². The van der Waals surface area contributed by atoms with Crippen molar-refractivity contribution in [1.29, 1.82) is 0 Å². The summed E-state index contributed by atoms with van der Waals surface area (Å²) >= 11 is 0. The van der Waals surface area contributed by atoms with Crippen LogP contribution >= 0.6 is 0 Å². The Kier molecular flexibility index (Phi) is 6.05. The second kappa shape index (κ2) is 8.65. The van der Waals surface area contributed by atoms with E-state index in [1.54, 1.807) is 0 Å². The van der Waals surface area contributed by atoms with Gasteiger partial charge in [-0.2, -0.15) is 0 Å². The van der Waals surface area contributed by atoms with Gasteiger partial charge in [0.15, 0.2) is 0 Å². The predicted molar refractivity (Wildman–Crippen MR) is 103 cm³/mol. The molecule has 0 atom stereocenters. The lowest BCUT2D eigenvalue weighted by molar-refractivity contribution is 0.0687. The van der Waals surface area contributed by atoms with Gasteiger partial charge in [-0.05, 0) is 55.9 Å². The Hall–Kier alpha value is -2.62. The molecule has 0 saturated carbocycles. The minimum absolute atomic E-state index is 0.000193. The van der Waals surface area contributed by atoms with E-state index >= 15 is 0 Å². The van der Waals surface area contributed by atoms with Gasteiger partial charge >= 0.3 is 0 Å². The average Bonchev–Trinajstić information content (AvgIpc) is 2.69. The molecule has 1 saturated heterocycles. The number of hydrogen-bond acceptors (Lipinski definition) is 2. The summed E-state index contributed by atoms with van der Waals surface area (Å²) in [6.07, 6.45) is 2.96. The average molecular weight is 350 g/mol. The van der Waals surface area contributed by atoms with Crippen LogP contribution in [-0.4, -0.2) is 36.3 Å². The normalized spacial score (nSPS) is 14.9. The van der Waals surface area contributed by atoms with Crippen LogP contribution < -0.4 is 5.32 Å². The first-order chi connectivity index (χ1) is 12.6. The Morgan fingerprint density at radius 2 is 1.65 bits per heavy atom. The summed E-state index contributed by atoms with van der Waals surface area (Å²) in [5, 5.41) is 3.03. The zero-order valence-electron chi connectivity index (χ0n) is 15.3. The number of carbonyl (C=O) groups is 2. The quantitative estimate of drug-likeness (QED) is 0.894. The third-order valence-corrected chi connectivity index (χ3v) is 5.15. The molecule has 0 unspecified atom stereocenters. The third kappa shape index (κ3) is 4.51. The second-order valence-electron chi connectivity index (χ2n) is 6.96. The van der Waals surface area contributed by atoms with Gasteiger partial charge in [0.1, 0.15) is 0 Å². The number of carbonyl (C=O) groups excluding carboxylic acids is 2. The molecule has 1 aliphatic rings. The maximum absolute atomic E-state index is 12.5. The highest BCUT2D eigenvalue weighted by atomic mass is 16.2. The fourth-order valence-electron chi connectivity index (χ4n) is 3.50. The van der Waals surface area contributed by atoms with E-state index in [4.69, 9.17) is 0 Å². The van der Waals surface area contributed by atoms with E-state index in [0.29, 0.717) is 12.5 Å². The third-order valence-electron chi connectivity index (χ3n) is 5.15. The highest BCUT2D eigenvalue weighted by molar-refractivity contribution is 5.95. The monoisotopic (exact) mass is 350 g/mol. The van der Waals surface area contributed by atoms with Gasteiger partial charge in [0.05, 0.1) is 0 Å². The first-order valence-electron chi connectivity index (χ1n) is 9.33. The molecule has 136 valence electrons. The Morgan fingerprint density at radius 1 is 1.00 bits per heavy atom. The van der Waals surface area contributed by atoms with Crippen molar-refractivity contribution in [2.24, 2.45) is 5.92 Å². The standard InChI is InChI=1S/C22H26N2O2/c1-17-7-5-6-10-20(17)21(25)23-14-11-18-12-15-24(16-13-18)22(26)19-8-3-2-4-9-19/h2-10,18H,11-16H2,1H3,(H,23,25). The Morgan fingerprint density at radius 3 is 2.35 bits per heavy atom. The van der Waals surface area contributed by atoms with Crippen LogP contribution in [-0.2, 0) is 0 Å². The summed E-state index contributed by atoms with van der Waals surface area (Å²) in [5.41, 5.74) is 2.50. The van der Waals surface area contributed by atoms with Crippen molar-refractivity contribution >= 4 is 11.8 Å². The number of piperidine rings is 1. The molecule has 3 rings (SSSR count). The van der Waals surface area contributed by atoms with Crippen molar-refractivity contribution < 1.29 is 9.59 Å². The number of amides is 2. The first kappa shape index (κ1) is 18.2. The number of likely N-dealkylation sites (tertiary alicyclic amines) is 1. The maximum Gasteiger partial charge on any atom is 0.253 e. The molecule has 1 aliphatic heterocycles. The molecule has 1 fully saturated rings. The van der Waals surface area contributed by atoms with Crippen molar-refractivity contribution in [1.82, 2.24) is 10.2 Å². The highest BCUT2D eigenvalue weighted by Crippen LogP contribution is 2.21. The van der Waals surface area contributed by atoms with Crippen molar-refractivity contribution in [3.05, 3.63) is 71.3 Å². The van der Waals surface area contributed by atoms with Crippen molar-refractivity contribution in [2.75, 3.05) is 19.6 Å². The molecule has 2 aromatic rings. The molecule has 0 bridgehead atoms. The van der Waals surface area contributed by atoms with Crippen LogP contribution in [0.25, 0.3) is 0 Å². The minimum Gasteiger partial charge on any atom is -0.352 e. The predicted octanol–water partition coefficient (Wildman–Crippen LogP) is 3.67. The van der Waals surface area contributed by atoms with E-state index < -0.39 is 0 Å². The van der Waals surface area contributed by atoms with Crippen LogP contribution in [0.5, 0.6) is 0 Å². The lowest BCUT2D eigenvalue weighted by Crippen LogP contribution is -2.39. The summed E-state index contributed by atoms with van der Waals surface area (Å²) in [7, 11) is 0. The van der Waals surface area contributed by atoms with Gasteiger partial charge in [0.2, 0.25) is 0 Å². The zero-order valence-corrected chi connectivity index (χ0v) is 15.3. The molecule has 2 aromatic carbocycles. The van der Waals surface area contributed by atoms with Gasteiger partial charge in [0, 0.05) is 30.8 Å². The lowest BCUT2D eigenvalue weighted by atomic mass is 9.93. The van der Waals surface area contributed by atoms with Gasteiger partial charge in [-0.3, -0.25) is 9.59 Å². The van der Waals surface area contributed by atoms with Crippen LogP contribution in [0.3, 0.4) is 0 Å². The lowest BCUT2D eigenvalue weighted by Gasteiger charge is -2.32. The molecule has 0 aliphatic carbocycles. The number of rotatable bonds is 5. The molecular weight excluding hydrogens is 324 g/mol. The number of benzene rings is 2. The molecular formula is C22H26N2O2.